The molecule has 2 aromatic heterocycles. The van der Waals surface area contributed by atoms with Gasteiger partial charge in [0.1, 0.15) is 0 Å². The Morgan fingerprint density at radius 1 is 0.929 bits per heavy atom. The van der Waals surface area contributed by atoms with E-state index in [4.69, 9.17) is 0 Å². The van der Waals surface area contributed by atoms with Gasteiger partial charge in [0.15, 0.2) is 11.6 Å². The van der Waals surface area contributed by atoms with E-state index in [9.17, 15) is 8.42 Å². The van der Waals surface area contributed by atoms with Gasteiger partial charge in [0.25, 0.3) is 0 Å². The van der Waals surface area contributed by atoms with Crippen molar-refractivity contribution in [3.05, 3.63) is 58.8 Å². The van der Waals surface area contributed by atoms with Gasteiger partial charge in [-0.15, -0.1) is 10.2 Å². The van der Waals surface area contributed by atoms with Crippen molar-refractivity contribution >= 4 is 31.8 Å². The van der Waals surface area contributed by atoms with E-state index in [2.05, 4.69) is 31.2 Å². The zero-order valence-electron chi connectivity index (χ0n) is 15.2. The maximum atomic E-state index is 12.9. The standard InChI is InChI=1S/C18H19BrN6O2S/c1-14-8-9-25(22-14)18-7-6-17(20-21-18)23-10-12-24(13-11-23)28(26,27)16-5-3-2-4-15(16)19/h2-9H,10-13H2,1H3. The molecular formula is C18H19BrN6O2S. The number of sulfonamides is 1. The summed E-state index contributed by atoms with van der Waals surface area (Å²) >= 11 is 3.33. The number of anilines is 1. The first-order valence-corrected chi connectivity index (χ1v) is 11.0. The molecule has 4 rings (SSSR count). The van der Waals surface area contributed by atoms with E-state index < -0.39 is 10.0 Å². The molecule has 0 unspecified atom stereocenters. The lowest BCUT2D eigenvalue weighted by atomic mass is 10.3. The summed E-state index contributed by atoms with van der Waals surface area (Å²) in [6.45, 7) is 3.81. The van der Waals surface area contributed by atoms with Gasteiger partial charge in [0, 0.05) is 36.8 Å². The second kappa shape index (κ2) is 7.61. The van der Waals surface area contributed by atoms with Crippen molar-refractivity contribution in [1.82, 2.24) is 24.3 Å². The lowest BCUT2D eigenvalue weighted by molar-refractivity contribution is 0.383. The number of nitrogens with zero attached hydrogens (tertiary/aromatic N) is 6. The quantitative estimate of drug-likeness (QED) is 0.590. The SMILES string of the molecule is Cc1ccn(-c2ccc(N3CCN(S(=O)(=O)c4ccccc4Br)CC3)nn2)n1. The highest BCUT2D eigenvalue weighted by Crippen LogP contribution is 2.26. The Morgan fingerprint density at radius 2 is 1.61 bits per heavy atom. The summed E-state index contributed by atoms with van der Waals surface area (Å²) in [6, 6.07) is 12.5. The summed E-state index contributed by atoms with van der Waals surface area (Å²) in [6.07, 6.45) is 1.84. The average Bonchev–Trinajstić information content (AvgIpc) is 3.15. The van der Waals surface area contributed by atoms with Gasteiger partial charge in [-0.1, -0.05) is 12.1 Å². The van der Waals surface area contributed by atoms with Gasteiger partial charge < -0.3 is 4.90 Å². The van der Waals surface area contributed by atoms with Crippen LogP contribution in [0.3, 0.4) is 0 Å². The van der Waals surface area contributed by atoms with Crippen molar-refractivity contribution in [1.29, 1.82) is 0 Å². The summed E-state index contributed by atoms with van der Waals surface area (Å²) in [4.78, 5) is 2.33. The van der Waals surface area contributed by atoms with Crippen LogP contribution in [-0.2, 0) is 10.0 Å². The summed E-state index contributed by atoms with van der Waals surface area (Å²) in [7, 11) is -3.53. The van der Waals surface area contributed by atoms with Crippen LogP contribution in [0.1, 0.15) is 5.69 Å². The van der Waals surface area contributed by atoms with E-state index >= 15 is 0 Å². The highest BCUT2D eigenvalue weighted by molar-refractivity contribution is 9.10. The molecule has 0 saturated carbocycles. The largest absolute Gasteiger partial charge is 0.352 e. The molecule has 8 nitrogen and oxygen atoms in total. The van der Waals surface area contributed by atoms with E-state index in [1.54, 1.807) is 28.9 Å². The molecule has 28 heavy (non-hydrogen) atoms. The van der Waals surface area contributed by atoms with Crippen LogP contribution >= 0.6 is 15.9 Å². The fraction of sp³-hybridized carbons (Fsp3) is 0.278. The number of benzene rings is 1. The first kappa shape index (κ1) is 19.0. The van der Waals surface area contributed by atoms with Crippen LogP contribution in [0.15, 0.2) is 58.0 Å². The zero-order chi connectivity index (χ0) is 19.7. The number of halogens is 1. The number of hydrogen-bond acceptors (Lipinski definition) is 6. The van der Waals surface area contributed by atoms with Crippen molar-refractivity contribution in [3.63, 3.8) is 0 Å². The summed E-state index contributed by atoms with van der Waals surface area (Å²) in [5.74, 6) is 1.37. The first-order valence-electron chi connectivity index (χ1n) is 8.81. The minimum Gasteiger partial charge on any atom is -0.352 e. The molecule has 0 aliphatic carbocycles. The Balaban J connectivity index is 1.45. The van der Waals surface area contributed by atoms with Crippen molar-refractivity contribution in [2.75, 3.05) is 31.1 Å². The summed E-state index contributed by atoms with van der Waals surface area (Å²) < 4.78 is 29.6. The molecule has 0 spiro atoms. The van der Waals surface area contributed by atoms with Crippen LogP contribution in [-0.4, -0.2) is 58.9 Å². The van der Waals surface area contributed by atoms with Gasteiger partial charge in [0.05, 0.1) is 10.6 Å². The molecule has 3 aromatic rings. The van der Waals surface area contributed by atoms with E-state index in [0.29, 0.717) is 41.4 Å². The van der Waals surface area contributed by atoms with E-state index in [-0.39, 0.29) is 0 Å². The van der Waals surface area contributed by atoms with Crippen LogP contribution in [0.5, 0.6) is 0 Å². The molecule has 0 atom stereocenters. The Kier molecular flexibility index (Phi) is 5.17. The van der Waals surface area contributed by atoms with Crippen LogP contribution in [0.25, 0.3) is 5.82 Å². The predicted octanol–water partition coefficient (Wildman–Crippen LogP) is 2.24. The fourth-order valence-electron chi connectivity index (χ4n) is 3.10. The minimum atomic E-state index is -3.53. The van der Waals surface area contributed by atoms with E-state index in [1.807, 2.05) is 36.2 Å². The predicted molar refractivity (Wildman–Crippen MR) is 109 cm³/mol. The van der Waals surface area contributed by atoms with Crippen LogP contribution in [0.4, 0.5) is 5.82 Å². The Labute approximate surface area is 172 Å². The molecule has 1 aliphatic heterocycles. The lowest BCUT2D eigenvalue weighted by Gasteiger charge is -2.34. The Bertz CT molecular complexity index is 1080. The first-order chi connectivity index (χ1) is 13.4. The highest BCUT2D eigenvalue weighted by Gasteiger charge is 2.30. The summed E-state index contributed by atoms with van der Waals surface area (Å²) in [5, 5.41) is 12.8. The molecular weight excluding hydrogens is 444 g/mol. The highest BCUT2D eigenvalue weighted by atomic mass is 79.9. The third-order valence-electron chi connectivity index (χ3n) is 4.61. The van der Waals surface area contributed by atoms with E-state index in [0.717, 1.165) is 11.5 Å². The van der Waals surface area contributed by atoms with Crippen LogP contribution < -0.4 is 4.90 Å². The second-order valence-corrected chi connectivity index (χ2v) is 9.23. The Morgan fingerprint density at radius 3 is 2.21 bits per heavy atom. The van der Waals surface area contributed by atoms with Crippen molar-refractivity contribution < 1.29 is 8.42 Å². The van der Waals surface area contributed by atoms with Crippen molar-refractivity contribution in [2.24, 2.45) is 0 Å². The monoisotopic (exact) mass is 462 g/mol. The molecule has 0 radical (unpaired) electrons. The number of hydrogen-bond donors (Lipinski definition) is 0. The van der Waals surface area contributed by atoms with Crippen molar-refractivity contribution in [2.45, 2.75) is 11.8 Å². The van der Waals surface area contributed by atoms with Crippen LogP contribution in [0.2, 0.25) is 0 Å². The van der Waals surface area contributed by atoms with Gasteiger partial charge in [-0.3, -0.25) is 0 Å². The molecule has 1 aliphatic rings. The maximum Gasteiger partial charge on any atom is 0.244 e. The van der Waals surface area contributed by atoms with E-state index in [1.165, 1.54) is 4.31 Å². The number of piperazine rings is 1. The third-order valence-corrected chi connectivity index (χ3v) is 7.52. The van der Waals surface area contributed by atoms with Gasteiger partial charge >= 0.3 is 0 Å². The molecule has 1 fully saturated rings. The topological polar surface area (TPSA) is 84.2 Å². The third kappa shape index (κ3) is 3.67. The molecule has 0 N–H and O–H groups in total. The average molecular weight is 463 g/mol. The number of rotatable bonds is 4. The molecule has 1 aromatic carbocycles. The molecule has 146 valence electrons. The summed E-state index contributed by atoms with van der Waals surface area (Å²) in [5.41, 5.74) is 0.910. The fourth-order valence-corrected chi connectivity index (χ4v) is 5.49. The molecule has 1 saturated heterocycles. The van der Waals surface area contributed by atoms with Crippen molar-refractivity contribution in [3.8, 4) is 5.82 Å². The molecule has 0 bridgehead atoms. The number of aromatic nitrogens is 4. The molecule has 10 heteroatoms. The second-order valence-electron chi connectivity index (χ2n) is 6.47. The van der Waals surface area contributed by atoms with Gasteiger partial charge in [-0.2, -0.15) is 9.40 Å². The smallest absolute Gasteiger partial charge is 0.244 e. The number of aryl methyl sites for hydroxylation is 1. The zero-order valence-corrected chi connectivity index (χ0v) is 17.6. The normalized spacial score (nSPS) is 15.7. The molecule has 3 heterocycles. The maximum absolute atomic E-state index is 12.9. The molecule has 0 amide bonds. The van der Waals surface area contributed by atoms with Gasteiger partial charge in [0.2, 0.25) is 10.0 Å². The van der Waals surface area contributed by atoms with Gasteiger partial charge in [-0.25, -0.2) is 13.1 Å². The van der Waals surface area contributed by atoms with Crippen LogP contribution in [0, 0.1) is 6.92 Å². The Hall–Kier alpha value is -2.30. The van der Waals surface area contributed by atoms with Gasteiger partial charge in [-0.05, 0) is 53.2 Å². The lowest BCUT2D eigenvalue weighted by Crippen LogP contribution is -2.49. The minimum absolute atomic E-state index is 0.294.